The molecule has 0 unspecified atom stereocenters. The zero-order valence-electron chi connectivity index (χ0n) is 14.9. The maximum atomic E-state index is 13.0. The van der Waals surface area contributed by atoms with E-state index < -0.39 is 0 Å². The highest BCUT2D eigenvalue weighted by Gasteiger charge is 2.07. The van der Waals surface area contributed by atoms with E-state index in [2.05, 4.69) is 38.1 Å². The van der Waals surface area contributed by atoms with Gasteiger partial charge < -0.3 is 15.1 Å². The molecule has 0 amide bonds. The van der Waals surface area contributed by atoms with E-state index in [0.29, 0.717) is 18.9 Å². The Morgan fingerprint density at radius 2 is 1.89 bits per heavy atom. The van der Waals surface area contributed by atoms with Crippen molar-refractivity contribution in [2.45, 2.75) is 12.8 Å². The first kappa shape index (κ1) is 21.4. The first-order chi connectivity index (χ1) is 12.7. The number of aliphatic imine (C=N–C) groups is 1. The van der Waals surface area contributed by atoms with Crippen LogP contribution in [0.15, 0.2) is 57.5 Å². The number of hydrogen-bond acceptors (Lipinski definition) is 4. The van der Waals surface area contributed by atoms with E-state index in [1.807, 2.05) is 0 Å². The van der Waals surface area contributed by atoms with Crippen LogP contribution < -0.4 is 10.6 Å². The van der Waals surface area contributed by atoms with Crippen LogP contribution in [-0.4, -0.2) is 31.1 Å². The van der Waals surface area contributed by atoms with Crippen molar-refractivity contribution in [1.29, 1.82) is 0 Å². The molecule has 27 heavy (non-hydrogen) atoms. The summed E-state index contributed by atoms with van der Waals surface area (Å²) < 4.78 is 18.5. The van der Waals surface area contributed by atoms with Crippen LogP contribution >= 0.6 is 35.3 Å². The Balaban J connectivity index is 0.00000261. The molecule has 5 nitrogen and oxygen atoms in total. The van der Waals surface area contributed by atoms with E-state index >= 15 is 0 Å². The monoisotopic (exact) mass is 500 g/mol. The third-order valence-corrected chi connectivity index (χ3v) is 4.72. The number of hydrogen-bond donors (Lipinski definition) is 2. The fourth-order valence-corrected chi connectivity index (χ4v) is 3.14. The van der Waals surface area contributed by atoms with Crippen molar-refractivity contribution in [1.82, 2.24) is 15.6 Å². The molecule has 0 atom stereocenters. The Labute approximate surface area is 179 Å². The maximum absolute atomic E-state index is 13.0. The molecule has 0 saturated carbocycles. The molecule has 2 N–H and O–H groups in total. The predicted molar refractivity (Wildman–Crippen MR) is 118 cm³/mol. The van der Waals surface area contributed by atoms with Gasteiger partial charge >= 0.3 is 0 Å². The van der Waals surface area contributed by atoms with Gasteiger partial charge in [-0.15, -0.1) is 35.3 Å². The Morgan fingerprint density at radius 3 is 2.56 bits per heavy atom. The fourth-order valence-electron chi connectivity index (χ4n) is 2.44. The third-order valence-electron chi connectivity index (χ3n) is 3.78. The van der Waals surface area contributed by atoms with Crippen molar-refractivity contribution >= 4 is 41.3 Å². The van der Waals surface area contributed by atoms with E-state index in [1.54, 1.807) is 36.8 Å². The zero-order valence-corrected chi connectivity index (χ0v) is 18.1. The number of nitrogens with one attached hydrogen (secondary N) is 2. The molecule has 0 radical (unpaired) electrons. The summed E-state index contributed by atoms with van der Waals surface area (Å²) in [6.07, 6.45) is 3.31. The van der Waals surface area contributed by atoms with Crippen LogP contribution in [0.3, 0.4) is 0 Å². The number of rotatable bonds is 7. The van der Waals surface area contributed by atoms with Gasteiger partial charge in [0.25, 0.3) is 0 Å². The summed E-state index contributed by atoms with van der Waals surface area (Å²) in [6, 6.07) is 10.3. The second-order valence-corrected chi connectivity index (χ2v) is 6.69. The topological polar surface area (TPSA) is 62.5 Å². The number of aromatic nitrogens is 1. The zero-order chi connectivity index (χ0) is 18.2. The Hall–Kier alpha value is -1.94. The summed E-state index contributed by atoms with van der Waals surface area (Å²) in [5.41, 5.74) is 1.60. The molecule has 0 aliphatic carbocycles. The maximum Gasteiger partial charge on any atom is 0.226 e. The Kier molecular flexibility index (Phi) is 8.73. The van der Waals surface area contributed by atoms with Gasteiger partial charge in [-0.25, -0.2) is 9.37 Å². The van der Waals surface area contributed by atoms with E-state index in [9.17, 15) is 4.39 Å². The normalized spacial score (nSPS) is 11.1. The van der Waals surface area contributed by atoms with E-state index in [-0.39, 0.29) is 29.8 Å². The second-order valence-electron chi connectivity index (χ2n) is 5.66. The van der Waals surface area contributed by atoms with Gasteiger partial charge in [0.2, 0.25) is 5.89 Å². The summed E-state index contributed by atoms with van der Waals surface area (Å²) in [6.45, 7) is 1.52. The van der Waals surface area contributed by atoms with Crippen molar-refractivity contribution in [3.05, 3.63) is 64.4 Å². The molecule has 0 spiro atoms. The van der Waals surface area contributed by atoms with Crippen molar-refractivity contribution in [3.8, 4) is 11.5 Å². The molecular formula is C19H22FIN4OS. The molecule has 0 aliphatic rings. The number of thiophene rings is 1. The van der Waals surface area contributed by atoms with Gasteiger partial charge in [0.05, 0.1) is 5.69 Å². The Bertz CT molecular complexity index is 834. The van der Waals surface area contributed by atoms with Crippen molar-refractivity contribution in [3.63, 3.8) is 0 Å². The van der Waals surface area contributed by atoms with Crippen LogP contribution in [0, 0.1) is 5.82 Å². The minimum absolute atomic E-state index is 0. The van der Waals surface area contributed by atoms with E-state index in [1.165, 1.54) is 17.0 Å². The summed E-state index contributed by atoms with van der Waals surface area (Å²) in [5, 5.41) is 8.65. The van der Waals surface area contributed by atoms with Crippen LogP contribution in [-0.2, 0) is 12.8 Å². The van der Waals surface area contributed by atoms with Gasteiger partial charge in [0.1, 0.15) is 12.1 Å². The molecule has 0 fully saturated rings. The standard InChI is InChI=1S/C19H21FN4OS.HI/c1-21-19(23-11-9-17-3-2-12-26-17)22-10-8-16-13-25-18(24-16)14-4-6-15(20)7-5-14;/h2-7,12-13H,8-11H2,1H3,(H2,21,22,23);1H. The Morgan fingerprint density at radius 1 is 1.15 bits per heavy atom. The van der Waals surface area contributed by atoms with Crippen molar-refractivity contribution in [2.24, 2.45) is 4.99 Å². The molecule has 0 saturated heterocycles. The van der Waals surface area contributed by atoms with E-state index in [0.717, 1.165) is 30.2 Å². The molecule has 8 heteroatoms. The average molecular weight is 500 g/mol. The van der Waals surface area contributed by atoms with Gasteiger partial charge in [0.15, 0.2) is 5.96 Å². The summed E-state index contributed by atoms with van der Waals surface area (Å²) >= 11 is 1.76. The van der Waals surface area contributed by atoms with Crippen LogP contribution in [0.5, 0.6) is 0 Å². The highest BCUT2D eigenvalue weighted by atomic mass is 127. The van der Waals surface area contributed by atoms with Gasteiger partial charge in [-0.2, -0.15) is 0 Å². The molecule has 1 aromatic carbocycles. The van der Waals surface area contributed by atoms with Gasteiger partial charge in [-0.3, -0.25) is 4.99 Å². The summed E-state index contributed by atoms with van der Waals surface area (Å²) in [4.78, 5) is 10.0. The van der Waals surface area contributed by atoms with Crippen molar-refractivity contribution < 1.29 is 8.81 Å². The first-order valence-electron chi connectivity index (χ1n) is 8.42. The fraction of sp³-hybridized carbons (Fsp3) is 0.263. The minimum atomic E-state index is -0.275. The lowest BCUT2D eigenvalue weighted by Crippen LogP contribution is -2.39. The predicted octanol–water partition coefficient (Wildman–Crippen LogP) is 4.11. The number of nitrogens with zero attached hydrogens (tertiary/aromatic N) is 2. The minimum Gasteiger partial charge on any atom is -0.444 e. The molecule has 0 aliphatic heterocycles. The SMILES string of the molecule is CN=C(NCCc1coc(-c2ccc(F)cc2)n1)NCCc1cccs1.I. The molecule has 2 aromatic heterocycles. The highest BCUT2D eigenvalue weighted by molar-refractivity contribution is 14.0. The quantitative estimate of drug-likeness (QED) is 0.291. The number of guanidine groups is 1. The van der Waals surface area contributed by atoms with Gasteiger partial charge in [-0.05, 0) is 42.1 Å². The van der Waals surface area contributed by atoms with Crippen LogP contribution in [0.2, 0.25) is 0 Å². The lowest BCUT2D eigenvalue weighted by molar-refractivity contribution is 0.571. The molecule has 0 bridgehead atoms. The van der Waals surface area contributed by atoms with Gasteiger partial charge in [-0.1, -0.05) is 6.07 Å². The number of halogens is 2. The first-order valence-corrected chi connectivity index (χ1v) is 9.30. The molecular weight excluding hydrogens is 478 g/mol. The van der Waals surface area contributed by atoms with Gasteiger partial charge in [0, 0.05) is 37.0 Å². The molecule has 2 heterocycles. The van der Waals surface area contributed by atoms with E-state index in [4.69, 9.17) is 4.42 Å². The summed E-state index contributed by atoms with van der Waals surface area (Å²) in [5.74, 6) is 0.991. The van der Waals surface area contributed by atoms with Crippen molar-refractivity contribution in [2.75, 3.05) is 20.1 Å². The second kappa shape index (κ2) is 11.0. The highest BCUT2D eigenvalue weighted by Crippen LogP contribution is 2.18. The number of benzene rings is 1. The smallest absolute Gasteiger partial charge is 0.226 e. The van der Waals surface area contributed by atoms with Crippen LogP contribution in [0.4, 0.5) is 4.39 Å². The molecule has 144 valence electrons. The van der Waals surface area contributed by atoms with Crippen LogP contribution in [0.1, 0.15) is 10.6 Å². The summed E-state index contributed by atoms with van der Waals surface area (Å²) in [7, 11) is 1.75. The third kappa shape index (κ3) is 6.62. The molecule has 3 rings (SSSR count). The average Bonchev–Trinajstić information content (AvgIpc) is 3.33. The number of oxazole rings is 1. The molecule has 3 aromatic rings. The van der Waals surface area contributed by atoms with Crippen LogP contribution in [0.25, 0.3) is 11.5 Å². The largest absolute Gasteiger partial charge is 0.444 e. The lowest BCUT2D eigenvalue weighted by atomic mass is 10.2. The lowest BCUT2D eigenvalue weighted by Gasteiger charge is -2.10.